The van der Waals surface area contributed by atoms with Crippen LogP contribution in [0.1, 0.15) is 38.4 Å². The maximum atomic E-state index is 14.3. The van der Waals surface area contributed by atoms with Crippen molar-refractivity contribution in [3.8, 4) is 22.9 Å². The van der Waals surface area contributed by atoms with Crippen LogP contribution in [0.3, 0.4) is 0 Å². The molecule has 1 atom stereocenters. The minimum Gasteiger partial charge on any atom is -0.361 e. The fraction of sp³-hybridized carbons (Fsp3) is 0.226. The minimum atomic E-state index is -0.361. The Morgan fingerprint density at radius 1 is 1.13 bits per heavy atom. The summed E-state index contributed by atoms with van der Waals surface area (Å²) in [5, 5.41) is 14.0. The molecule has 190 valence electrons. The van der Waals surface area contributed by atoms with Crippen molar-refractivity contribution in [2.45, 2.75) is 39.3 Å². The SMILES string of the molecule is C=N/C(N[C@@H](C)c1cc2cccc(-c3ccc(=O)n(CC4CC4)c3)c2c(=O)n1-c1ccccc1)=C(\C)C#N. The quantitative estimate of drug-likeness (QED) is 0.260. The highest BCUT2D eigenvalue weighted by Gasteiger charge is 2.23. The first-order chi connectivity index (χ1) is 18.4. The summed E-state index contributed by atoms with van der Waals surface area (Å²) in [4.78, 5) is 30.8. The normalized spacial score (nSPS) is 14.4. The number of benzene rings is 2. The van der Waals surface area contributed by atoms with Crippen molar-refractivity contribution in [1.82, 2.24) is 14.5 Å². The average molecular weight is 504 g/mol. The second-order valence-electron chi connectivity index (χ2n) is 9.78. The van der Waals surface area contributed by atoms with Crippen LogP contribution < -0.4 is 16.4 Å². The Morgan fingerprint density at radius 3 is 2.58 bits per heavy atom. The van der Waals surface area contributed by atoms with Gasteiger partial charge in [-0.25, -0.2) is 4.99 Å². The van der Waals surface area contributed by atoms with Crippen LogP contribution in [0.5, 0.6) is 0 Å². The number of hydrogen-bond donors (Lipinski definition) is 1. The molecule has 0 aliphatic heterocycles. The summed E-state index contributed by atoms with van der Waals surface area (Å²) in [5.74, 6) is 0.926. The van der Waals surface area contributed by atoms with E-state index in [2.05, 4.69) is 23.1 Å². The number of aliphatic imine (C=N–C) groups is 1. The summed E-state index contributed by atoms with van der Waals surface area (Å²) in [6, 6.07) is 22.4. The van der Waals surface area contributed by atoms with Gasteiger partial charge in [0, 0.05) is 30.2 Å². The minimum absolute atomic E-state index is 0.0304. The van der Waals surface area contributed by atoms with Gasteiger partial charge in [0.2, 0.25) is 0 Å². The smallest absolute Gasteiger partial charge is 0.263 e. The van der Waals surface area contributed by atoms with E-state index in [-0.39, 0.29) is 17.2 Å². The lowest BCUT2D eigenvalue weighted by molar-refractivity contribution is 0.607. The Kier molecular flexibility index (Phi) is 6.80. The van der Waals surface area contributed by atoms with E-state index in [1.54, 1.807) is 28.2 Å². The van der Waals surface area contributed by atoms with Crippen LogP contribution in [0.4, 0.5) is 0 Å². The number of hydrogen-bond acceptors (Lipinski definition) is 5. The molecule has 0 radical (unpaired) electrons. The van der Waals surface area contributed by atoms with Crippen molar-refractivity contribution >= 4 is 17.5 Å². The zero-order valence-corrected chi connectivity index (χ0v) is 21.5. The number of fused-ring (bicyclic) bond motifs is 1. The number of nitriles is 1. The first kappa shape index (κ1) is 25.0. The zero-order valence-electron chi connectivity index (χ0n) is 21.5. The number of nitrogens with one attached hydrogen (secondary N) is 1. The van der Waals surface area contributed by atoms with Gasteiger partial charge >= 0.3 is 0 Å². The Labute approximate surface area is 221 Å². The summed E-state index contributed by atoms with van der Waals surface area (Å²) in [5.41, 5.74) is 3.27. The molecule has 1 N–H and O–H groups in total. The molecule has 0 unspecified atom stereocenters. The molecule has 1 fully saturated rings. The fourth-order valence-electron chi connectivity index (χ4n) is 4.80. The van der Waals surface area contributed by atoms with Gasteiger partial charge in [-0.2, -0.15) is 5.26 Å². The Balaban J connectivity index is 1.73. The number of allylic oxidation sites excluding steroid dienone is 1. The van der Waals surface area contributed by atoms with E-state index in [1.165, 1.54) is 0 Å². The average Bonchev–Trinajstić information content (AvgIpc) is 3.76. The lowest BCUT2D eigenvalue weighted by Crippen LogP contribution is -2.28. The molecule has 1 aliphatic carbocycles. The molecule has 2 heterocycles. The van der Waals surface area contributed by atoms with Crippen molar-refractivity contribution < 1.29 is 0 Å². The molecule has 1 saturated carbocycles. The molecule has 7 nitrogen and oxygen atoms in total. The van der Waals surface area contributed by atoms with Gasteiger partial charge in [0.25, 0.3) is 11.1 Å². The maximum absolute atomic E-state index is 14.3. The van der Waals surface area contributed by atoms with Crippen molar-refractivity contribution in [3.05, 3.63) is 111 Å². The monoisotopic (exact) mass is 503 g/mol. The third-order valence-corrected chi connectivity index (χ3v) is 7.01. The summed E-state index contributed by atoms with van der Waals surface area (Å²) in [6.07, 6.45) is 4.17. The Bertz CT molecular complexity index is 1720. The molecule has 38 heavy (non-hydrogen) atoms. The second-order valence-corrected chi connectivity index (χ2v) is 9.78. The predicted molar refractivity (Wildman–Crippen MR) is 151 cm³/mol. The van der Waals surface area contributed by atoms with Crippen LogP contribution >= 0.6 is 0 Å². The van der Waals surface area contributed by atoms with E-state index >= 15 is 0 Å². The lowest BCUT2D eigenvalue weighted by atomic mass is 9.98. The van der Waals surface area contributed by atoms with Gasteiger partial charge < -0.3 is 9.88 Å². The summed E-state index contributed by atoms with van der Waals surface area (Å²) >= 11 is 0. The van der Waals surface area contributed by atoms with E-state index in [0.29, 0.717) is 29.2 Å². The molecule has 0 saturated heterocycles. The molecular weight excluding hydrogens is 474 g/mol. The molecule has 2 aromatic heterocycles. The van der Waals surface area contributed by atoms with Gasteiger partial charge in [-0.05, 0) is 80.1 Å². The molecule has 5 rings (SSSR count). The van der Waals surface area contributed by atoms with E-state index in [1.807, 2.05) is 67.7 Å². The second kappa shape index (κ2) is 10.3. The third-order valence-electron chi connectivity index (χ3n) is 7.01. The summed E-state index contributed by atoms with van der Waals surface area (Å²) in [6.45, 7) is 7.89. The van der Waals surface area contributed by atoms with E-state index < -0.39 is 0 Å². The first-order valence-corrected chi connectivity index (χ1v) is 12.7. The zero-order chi connectivity index (χ0) is 26.8. The van der Waals surface area contributed by atoms with Gasteiger partial charge in [-0.15, -0.1) is 0 Å². The number of aromatic nitrogens is 2. The molecule has 0 amide bonds. The number of nitrogens with zero attached hydrogens (tertiary/aromatic N) is 4. The Morgan fingerprint density at radius 2 is 1.89 bits per heavy atom. The van der Waals surface area contributed by atoms with E-state index in [0.717, 1.165) is 40.7 Å². The van der Waals surface area contributed by atoms with Crippen LogP contribution in [0.15, 0.2) is 98.9 Å². The van der Waals surface area contributed by atoms with Gasteiger partial charge in [0.15, 0.2) is 0 Å². The topological polar surface area (TPSA) is 92.2 Å². The number of rotatable bonds is 8. The molecule has 4 aromatic rings. The molecule has 0 bridgehead atoms. The largest absolute Gasteiger partial charge is 0.361 e. The Hall–Kier alpha value is -4.70. The first-order valence-electron chi connectivity index (χ1n) is 12.7. The molecule has 0 spiro atoms. The van der Waals surface area contributed by atoms with Crippen LogP contribution in [0, 0.1) is 17.2 Å². The van der Waals surface area contributed by atoms with Crippen molar-refractivity contribution in [3.63, 3.8) is 0 Å². The molecule has 7 heteroatoms. The summed E-state index contributed by atoms with van der Waals surface area (Å²) in [7, 11) is 0. The summed E-state index contributed by atoms with van der Waals surface area (Å²) < 4.78 is 3.46. The van der Waals surface area contributed by atoms with Gasteiger partial charge in [0.05, 0.1) is 23.1 Å². The highest BCUT2D eigenvalue weighted by molar-refractivity contribution is 5.96. The predicted octanol–water partition coefficient (Wildman–Crippen LogP) is 5.34. The van der Waals surface area contributed by atoms with Crippen LogP contribution in [0.25, 0.3) is 27.6 Å². The fourth-order valence-corrected chi connectivity index (χ4v) is 4.80. The van der Waals surface area contributed by atoms with Gasteiger partial charge in [0.1, 0.15) is 5.82 Å². The highest BCUT2D eigenvalue weighted by atomic mass is 16.1. The molecular formula is C31H29N5O2. The van der Waals surface area contributed by atoms with Gasteiger partial charge in [-0.3, -0.25) is 14.2 Å². The third kappa shape index (κ3) is 4.81. The van der Waals surface area contributed by atoms with Gasteiger partial charge in [-0.1, -0.05) is 36.4 Å². The molecule has 1 aliphatic rings. The van der Waals surface area contributed by atoms with Crippen molar-refractivity contribution in [1.29, 1.82) is 5.26 Å². The van der Waals surface area contributed by atoms with Crippen LogP contribution in [0.2, 0.25) is 0 Å². The van der Waals surface area contributed by atoms with Crippen molar-refractivity contribution in [2.75, 3.05) is 0 Å². The van der Waals surface area contributed by atoms with Crippen LogP contribution in [-0.4, -0.2) is 15.9 Å². The van der Waals surface area contributed by atoms with E-state index in [9.17, 15) is 14.9 Å². The maximum Gasteiger partial charge on any atom is 0.263 e. The highest BCUT2D eigenvalue weighted by Crippen LogP contribution is 2.32. The standard InChI is InChI=1S/C31H29N5O2/c1-20(17-32)30(33-3)34-21(2)27-16-23-8-7-11-26(24-14-15-28(37)35(19-24)18-22-12-13-22)29(23)31(38)36(27)25-9-5-4-6-10-25/h4-11,14-16,19,21-22,34H,3,12-13,18H2,1-2H3/b30-20-/t21-/m0/s1. The van der Waals surface area contributed by atoms with E-state index in [4.69, 9.17) is 0 Å². The van der Waals surface area contributed by atoms with Crippen molar-refractivity contribution in [2.24, 2.45) is 10.9 Å². The number of pyridine rings is 2. The lowest BCUT2D eigenvalue weighted by Gasteiger charge is -2.22. The molecule has 2 aromatic carbocycles. The number of para-hydroxylation sites is 1. The van der Waals surface area contributed by atoms with Crippen LogP contribution in [-0.2, 0) is 6.54 Å².